The van der Waals surface area contributed by atoms with E-state index in [2.05, 4.69) is 10.1 Å². The lowest BCUT2D eigenvalue weighted by atomic mass is 10.1. The molecule has 1 N–H and O–H groups in total. The summed E-state index contributed by atoms with van der Waals surface area (Å²) in [5.41, 5.74) is 2.97. The molecule has 0 aliphatic carbocycles. The predicted octanol–water partition coefficient (Wildman–Crippen LogP) is 2.89. The molecule has 0 aliphatic heterocycles. The molecule has 2 aromatic carbocycles. The molecule has 6 heteroatoms. The SMILES string of the molecule is COC(=O)Cc1[nH]n(-c2ccccc2)c(=O)c1C(C)=NCc1ccccc1. The van der Waals surface area contributed by atoms with Gasteiger partial charge in [-0.15, -0.1) is 0 Å². The van der Waals surface area contributed by atoms with Gasteiger partial charge in [-0.05, 0) is 24.6 Å². The Labute approximate surface area is 157 Å². The van der Waals surface area contributed by atoms with Gasteiger partial charge in [-0.25, -0.2) is 4.68 Å². The molecule has 0 unspecified atom stereocenters. The molecule has 138 valence electrons. The fourth-order valence-electron chi connectivity index (χ4n) is 2.83. The van der Waals surface area contributed by atoms with Gasteiger partial charge < -0.3 is 4.74 Å². The van der Waals surface area contributed by atoms with E-state index in [0.717, 1.165) is 5.56 Å². The topological polar surface area (TPSA) is 76.5 Å². The van der Waals surface area contributed by atoms with E-state index in [1.54, 1.807) is 6.92 Å². The normalized spacial score (nSPS) is 11.4. The van der Waals surface area contributed by atoms with Crippen LogP contribution < -0.4 is 5.56 Å². The summed E-state index contributed by atoms with van der Waals surface area (Å²) in [6, 6.07) is 19.0. The number of aliphatic imine (C=N–C) groups is 1. The molecule has 3 rings (SSSR count). The van der Waals surface area contributed by atoms with E-state index in [9.17, 15) is 9.59 Å². The number of nitrogens with one attached hydrogen (secondary N) is 1. The van der Waals surface area contributed by atoms with Crippen molar-refractivity contribution in [1.29, 1.82) is 0 Å². The van der Waals surface area contributed by atoms with Gasteiger partial charge in [-0.2, -0.15) is 0 Å². The molecule has 1 aromatic heterocycles. The Hall–Kier alpha value is -3.41. The van der Waals surface area contributed by atoms with E-state index < -0.39 is 5.97 Å². The molecule has 27 heavy (non-hydrogen) atoms. The van der Waals surface area contributed by atoms with Crippen LogP contribution in [-0.2, 0) is 22.5 Å². The first-order valence-corrected chi connectivity index (χ1v) is 8.61. The summed E-state index contributed by atoms with van der Waals surface area (Å²) in [4.78, 5) is 29.4. The van der Waals surface area contributed by atoms with Crippen molar-refractivity contribution in [1.82, 2.24) is 9.78 Å². The maximum absolute atomic E-state index is 13.0. The number of carbonyl (C=O) groups excluding carboxylic acids is 1. The van der Waals surface area contributed by atoms with Gasteiger partial charge >= 0.3 is 5.97 Å². The first-order valence-electron chi connectivity index (χ1n) is 8.61. The third kappa shape index (κ3) is 4.23. The first-order chi connectivity index (χ1) is 13.1. The number of hydrogen-bond donors (Lipinski definition) is 1. The van der Waals surface area contributed by atoms with Crippen molar-refractivity contribution >= 4 is 11.7 Å². The molecule has 1 heterocycles. The fraction of sp³-hybridized carbons (Fsp3) is 0.190. The first kappa shape index (κ1) is 18.4. The zero-order valence-corrected chi connectivity index (χ0v) is 15.3. The average molecular weight is 363 g/mol. The van der Waals surface area contributed by atoms with Gasteiger partial charge in [-0.1, -0.05) is 48.5 Å². The molecule has 3 aromatic rings. The van der Waals surface area contributed by atoms with Crippen molar-refractivity contribution in [2.45, 2.75) is 19.9 Å². The maximum Gasteiger partial charge on any atom is 0.311 e. The minimum Gasteiger partial charge on any atom is -0.469 e. The van der Waals surface area contributed by atoms with Crippen LogP contribution in [0.1, 0.15) is 23.7 Å². The molecule has 6 nitrogen and oxygen atoms in total. The highest BCUT2D eigenvalue weighted by atomic mass is 16.5. The molecule has 0 amide bonds. The lowest BCUT2D eigenvalue weighted by Gasteiger charge is -2.02. The van der Waals surface area contributed by atoms with Crippen molar-refractivity contribution in [2.24, 2.45) is 4.99 Å². The van der Waals surface area contributed by atoms with Gasteiger partial charge in [0.1, 0.15) is 0 Å². The molecular formula is C21H21N3O3. The Morgan fingerprint density at radius 1 is 1.07 bits per heavy atom. The standard InChI is InChI=1S/C21H21N3O3/c1-15(22-14-16-9-5-3-6-10-16)20-18(13-19(25)27-2)23-24(21(20)26)17-11-7-4-8-12-17/h3-12,23H,13-14H2,1-2H3. The number of aromatic nitrogens is 2. The molecular weight excluding hydrogens is 342 g/mol. The van der Waals surface area contributed by atoms with Crippen LogP contribution in [0.25, 0.3) is 5.69 Å². The number of para-hydroxylation sites is 1. The molecule has 0 radical (unpaired) electrons. The van der Waals surface area contributed by atoms with Crippen LogP contribution in [0.4, 0.5) is 0 Å². The zero-order valence-electron chi connectivity index (χ0n) is 15.3. The monoisotopic (exact) mass is 363 g/mol. The number of nitrogens with zero attached hydrogens (tertiary/aromatic N) is 2. The number of benzene rings is 2. The van der Waals surface area contributed by atoms with Crippen LogP contribution in [0.5, 0.6) is 0 Å². The van der Waals surface area contributed by atoms with E-state index in [-0.39, 0.29) is 12.0 Å². The second-order valence-corrected chi connectivity index (χ2v) is 6.08. The van der Waals surface area contributed by atoms with Crippen LogP contribution in [0.2, 0.25) is 0 Å². The number of carbonyl (C=O) groups is 1. The predicted molar refractivity (Wildman–Crippen MR) is 104 cm³/mol. The minimum atomic E-state index is -0.423. The summed E-state index contributed by atoms with van der Waals surface area (Å²) >= 11 is 0. The largest absolute Gasteiger partial charge is 0.469 e. The highest BCUT2D eigenvalue weighted by Gasteiger charge is 2.20. The highest BCUT2D eigenvalue weighted by Crippen LogP contribution is 2.11. The van der Waals surface area contributed by atoms with E-state index in [1.165, 1.54) is 11.8 Å². The van der Waals surface area contributed by atoms with Gasteiger partial charge in [0.2, 0.25) is 0 Å². The fourth-order valence-corrected chi connectivity index (χ4v) is 2.83. The summed E-state index contributed by atoms with van der Waals surface area (Å²) in [7, 11) is 1.32. The van der Waals surface area contributed by atoms with E-state index in [1.807, 2.05) is 60.7 Å². The van der Waals surface area contributed by atoms with Crippen LogP contribution >= 0.6 is 0 Å². The summed E-state index contributed by atoms with van der Waals surface area (Å²) in [5, 5.41) is 3.03. The molecule has 0 atom stereocenters. The van der Waals surface area contributed by atoms with Crippen molar-refractivity contribution < 1.29 is 9.53 Å². The molecule has 0 aliphatic rings. The smallest absolute Gasteiger partial charge is 0.311 e. The van der Waals surface area contributed by atoms with Gasteiger partial charge in [-0.3, -0.25) is 19.7 Å². The number of H-pyrrole nitrogens is 1. The molecule has 0 spiro atoms. The van der Waals surface area contributed by atoms with Gasteiger partial charge in [0.15, 0.2) is 0 Å². The average Bonchev–Trinajstić information content (AvgIpc) is 3.03. The molecule has 0 fully saturated rings. The number of aromatic amines is 1. The van der Waals surface area contributed by atoms with E-state index in [4.69, 9.17) is 4.74 Å². The van der Waals surface area contributed by atoms with Crippen molar-refractivity contribution in [2.75, 3.05) is 7.11 Å². The molecule has 0 bridgehead atoms. The third-order valence-electron chi connectivity index (χ3n) is 4.23. The Kier molecular flexibility index (Phi) is 5.66. The quantitative estimate of drug-likeness (QED) is 0.540. The summed E-state index contributed by atoms with van der Waals surface area (Å²) < 4.78 is 6.19. The Morgan fingerprint density at radius 2 is 1.70 bits per heavy atom. The highest BCUT2D eigenvalue weighted by molar-refractivity contribution is 6.00. The molecule has 0 saturated carbocycles. The second kappa shape index (κ2) is 8.31. The van der Waals surface area contributed by atoms with E-state index in [0.29, 0.717) is 29.2 Å². The Morgan fingerprint density at radius 3 is 2.33 bits per heavy atom. The number of methoxy groups -OCH3 is 1. The van der Waals surface area contributed by atoms with Crippen LogP contribution in [-0.4, -0.2) is 28.6 Å². The number of ether oxygens (including phenoxy) is 1. The molecule has 0 saturated heterocycles. The number of hydrogen-bond acceptors (Lipinski definition) is 4. The Balaban J connectivity index is 2.02. The summed E-state index contributed by atoms with van der Waals surface area (Å²) in [6.45, 7) is 2.24. The van der Waals surface area contributed by atoms with Crippen molar-refractivity contribution in [3.63, 3.8) is 0 Å². The van der Waals surface area contributed by atoms with Gasteiger partial charge in [0.05, 0.1) is 37.0 Å². The summed E-state index contributed by atoms with van der Waals surface area (Å²) in [6.07, 6.45) is -0.0287. The van der Waals surface area contributed by atoms with Crippen molar-refractivity contribution in [3.05, 3.63) is 87.8 Å². The van der Waals surface area contributed by atoms with E-state index >= 15 is 0 Å². The minimum absolute atomic E-state index is 0.0287. The Bertz CT molecular complexity index is 1000. The van der Waals surface area contributed by atoms with Crippen LogP contribution in [0.15, 0.2) is 70.5 Å². The lowest BCUT2D eigenvalue weighted by molar-refractivity contribution is -0.139. The maximum atomic E-state index is 13.0. The third-order valence-corrected chi connectivity index (χ3v) is 4.23. The van der Waals surface area contributed by atoms with Gasteiger partial charge in [0, 0.05) is 5.71 Å². The van der Waals surface area contributed by atoms with Crippen molar-refractivity contribution in [3.8, 4) is 5.69 Å². The van der Waals surface area contributed by atoms with Crippen LogP contribution in [0.3, 0.4) is 0 Å². The van der Waals surface area contributed by atoms with Crippen LogP contribution in [0, 0.1) is 0 Å². The zero-order chi connectivity index (χ0) is 19.2. The lowest BCUT2D eigenvalue weighted by Crippen LogP contribution is -2.20. The van der Waals surface area contributed by atoms with Gasteiger partial charge in [0.25, 0.3) is 5.56 Å². The summed E-state index contributed by atoms with van der Waals surface area (Å²) in [5.74, 6) is -0.423. The number of esters is 1. The number of rotatable bonds is 6. The second-order valence-electron chi connectivity index (χ2n) is 6.08.